The lowest BCUT2D eigenvalue weighted by atomic mass is 9.88. The molecule has 1 rings (SSSR count). The van der Waals surface area contributed by atoms with Crippen molar-refractivity contribution in [1.29, 1.82) is 0 Å². The molecule has 2 unspecified atom stereocenters. The van der Waals surface area contributed by atoms with Crippen molar-refractivity contribution in [1.82, 2.24) is 0 Å². The molecule has 0 aromatic heterocycles. The number of aromatic hydroxyl groups is 3. The van der Waals surface area contributed by atoms with Crippen molar-refractivity contribution in [2.24, 2.45) is 5.73 Å². The molecule has 0 saturated heterocycles. The van der Waals surface area contributed by atoms with E-state index in [2.05, 4.69) is 4.74 Å². The van der Waals surface area contributed by atoms with Crippen molar-refractivity contribution >= 4 is 5.97 Å². The molecule has 0 heterocycles. The van der Waals surface area contributed by atoms with Crippen molar-refractivity contribution in [3.05, 3.63) is 17.7 Å². The predicted molar refractivity (Wildman–Crippen MR) is 69.1 cm³/mol. The molecule has 0 amide bonds. The Morgan fingerprint density at radius 3 is 2.42 bits per heavy atom. The van der Waals surface area contributed by atoms with Crippen LogP contribution in [0.1, 0.15) is 31.2 Å². The maximum atomic E-state index is 11.3. The van der Waals surface area contributed by atoms with Crippen LogP contribution in [0.3, 0.4) is 0 Å². The van der Waals surface area contributed by atoms with Gasteiger partial charge in [0.25, 0.3) is 0 Å². The second-order valence-corrected chi connectivity index (χ2v) is 4.34. The summed E-state index contributed by atoms with van der Waals surface area (Å²) in [5, 5.41) is 29.1. The highest BCUT2D eigenvalue weighted by Crippen LogP contribution is 2.42. The summed E-state index contributed by atoms with van der Waals surface area (Å²) in [6, 6.07) is 1.63. The first-order chi connectivity index (χ1) is 8.92. The molecule has 1 aromatic rings. The van der Waals surface area contributed by atoms with Gasteiger partial charge >= 0.3 is 5.97 Å². The number of ether oxygens (including phenoxy) is 1. The number of rotatable bonds is 5. The van der Waals surface area contributed by atoms with E-state index in [4.69, 9.17) is 5.73 Å². The predicted octanol–water partition coefficient (Wildman–Crippen LogP) is 1.19. The molecule has 0 saturated carbocycles. The van der Waals surface area contributed by atoms with Gasteiger partial charge in [0, 0.05) is 5.56 Å². The van der Waals surface area contributed by atoms with Crippen LogP contribution in [0.15, 0.2) is 12.1 Å². The molecule has 5 N–H and O–H groups in total. The van der Waals surface area contributed by atoms with E-state index < -0.39 is 12.0 Å². The van der Waals surface area contributed by atoms with Crippen molar-refractivity contribution < 1.29 is 24.9 Å². The van der Waals surface area contributed by atoms with Crippen molar-refractivity contribution in [3.63, 3.8) is 0 Å². The lowest BCUT2D eigenvalue weighted by Crippen LogP contribution is -2.33. The normalized spacial score (nSPS) is 13.8. The molecule has 106 valence electrons. The zero-order chi connectivity index (χ0) is 14.6. The molecule has 2 atom stereocenters. The molecule has 6 heteroatoms. The first kappa shape index (κ1) is 15.1. The number of phenols is 3. The average molecular weight is 269 g/mol. The Kier molecular flexibility index (Phi) is 5.00. The minimum Gasteiger partial charge on any atom is -0.508 e. The molecular weight excluding hydrogens is 250 g/mol. The van der Waals surface area contributed by atoms with Crippen LogP contribution in [0, 0.1) is 0 Å². The van der Waals surface area contributed by atoms with E-state index in [0.29, 0.717) is 6.42 Å². The summed E-state index contributed by atoms with van der Waals surface area (Å²) in [6.45, 7) is 1.83. The number of phenolic OH excluding ortho intramolecular Hbond substituents is 3. The second kappa shape index (κ2) is 6.29. The van der Waals surface area contributed by atoms with Crippen LogP contribution in [0.2, 0.25) is 0 Å². The molecule has 0 spiro atoms. The molecule has 0 radical (unpaired) electrons. The first-order valence-electron chi connectivity index (χ1n) is 5.99. The van der Waals surface area contributed by atoms with Gasteiger partial charge in [-0.05, 0) is 30.9 Å². The number of hydrogen-bond donors (Lipinski definition) is 4. The molecule has 0 aliphatic rings. The second-order valence-electron chi connectivity index (χ2n) is 4.34. The van der Waals surface area contributed by atoms with E-state index in [-0.39, 0.29) is 35.2 Å². The topological polar surface area (TPSA) is 113 Å². The zero-order valence-corrected chi connectivity index (χ0v) is 11.0. The van der Waals surface area contributed by atoms with Gasteiger partial charge in [-0.3, -0.25) is 4.79 Å². The summed E-state index contributed by atoms with van der Waals surface area (Å²) in [6.07, 6.45) is 0.739. The summed E-state index contributed by atoms with van der Waals surface area (Å²) in [5.74, 6) is -1.76. The van der Waals surface area contributed by atoms with E-state index in [1.54, 1.807) is 0 Å². The van der Waals surface area contributed by atoms with Crippen LogP contribution in [-0.4, -0.2) is 34.4 Å². The average Bonchev–Trinajstić information content (AvgIpc) is 2.40. The van der Waals surface area contributed by atoms with E-state index >= 15 is 0 Å². The van der Waals surface area contributed by atoms with E-state index in [1.165, 1.54) is 19.2 Å². The molecule has 6 nitrogen and oxygen atoms in total. The van der Waals surface area contributed by atoms with Gasteiger partial charge in [0.05, 0.1) is 7.11 Å². The highest BCUT2D eigenvalue weighted by atomic mass is 16.5. The van der Waals surface area contributed by atoms with E-state index in [0.717, 1.165) is 0 Å². The minimum atomic E-state index is -0.851. The monoisotopic (exact) mass is 269 g/mol. The Labute approximate surface area is 111 Å². The van der Waals surface area contributed by atoms with Gasteiger partial charge in [-0.15, -0.1) is 0 Å². The molecule has 0 bridgehead atoms. The van der Waals surface area contributed by atoms with Crippen LogP contribution < -0.4 is 5.73 Å². The minimum absolute atomic E-state index is 0.140. The number of hydrogen-bond acceptors (Lipinski definition) is 6. The Hall–Kier alpha value is -1.95. The lowest BCUT2D eigenvalue weighted by molar-refractivity contribution is -0.142. The number of esters is 1. The van der Waals surface area contributed by atoms with Crippen molar-refractivity contribution in [2.45, 2.75) is 31.7 Å². The van der Waals surface area contributed by atoms with Crippen molar-refractivity contribution in [2.75, 3.05) is 7.11 Å². The number of carbonyl (C=O) groups is 1. The standard InChI is InChI=1S/C13H19NO5/c1-3-7(6-8(14)13(18)19-2)11-9(15)4-5-10(16)12(11)17/h4-5,7-8,15-17H,3,6,14H2,1-2H3. The van der Waals surface area contributed by atoms with Gasteiger partial charge in [0.15, 0.2) is 11.5 Å². The Morgan fingerprint density at radius 1 is 1.32 bits per heavy atom. The summed E-state index contributed by atoms with van der Waals surface area (Å²) in [7, 11) is 1.24. The number of nitrogens with two attached hydrogens (primary N) is 1. The summed E-state index contributed by atoms with van der Waals surface area (Å²) in [5.41, 5.74) is 5.88. The molecule has 0 aliphatic heterocycles. The van der Waals surface area contributed by atoms with Gasteiger partial charge in [0.1, 0.15) is 11.8 Å². The highest BCUT2D eigenvalue weighted by Gasteiger charge is 2.25. The fraction of sp³-hybridized carbons (Fsp3) is 0.462. The lowest BCUT2D eigenvalue weighted by Gasteiger charge is -2.21. The number of carbonyl (C=O) groups excluding carboxylic acids is 1. The fourth-order valence-electron chi connectivity index (χ4n) is 2.03. The highest BCUT2D eigenvalue weighted by molar-refractivity contribution is 5.75. The Balaban J connectivity index is 3.04. The maximum Gasteiger partial charge on any atom is 0.322 e. The molecule has 0 fully saturated rings. The van der Waals surface area contributed by atoms with Gasteiger partial charge in [0.2, 0.25) is 0 Å². The van der Waals surface area contributed by atoms with E-state index in [9.17, 15) is 20.1 Å². The van der Waals surface area contributed by atoms with Crippen molar-refractivity contribution in [3.8, 4) is 17.2 Å². The Morgan fingerprint density at radius 2 is 1.89 bits per heavy atom. The quantitative estimate of drug-likeness (QED) is 0.363. The molecular formula is C13H19NO5. The number of methoxy groups -OCH3 is 1. The molecule has 0 aliphatic carbocycles. The third-order valence-corrected chi connectivity index (χ3v) is 3.12. The van der Waals surface area contributed by atoms with E-state index in [1.807, 2.05) is 6.92 Å². The summed E-state index contributed by atoms with van der Waals surface area (Å²) in [4.78, 5) is 11.3. The van der Waals surface area contributed by atoms with Crippen LogP contribution >= 0.6 is 0 Å². The molecule has 1 aromatic carbocycles. The molecule has 19 heavy (non-hydrogen) atoms. The third-order valence-electron chi connectivity index (χ3n) is 3.12. The first-order valence-corrected chi connectivity index (χ1v) is 5.99. The van der Waals surface area contributed by atoms with Gasteiger partial charge in [-0.25, -0.2) is 0 Å². The van der Waals surface area contributed by atoms with Crippen LogP contribution in [-0.2, 0) is 9.53 Å². The fourth-order valence-corrected chi connectivity index (χ4v) is 2.03. The Bertz CT molecular complexity index is 461. The zero-order valence-electron chi connectivity index (χ0n) is 11.0. The van der Waals surface area contributed by atoms with Crippen LogP contribution in [0.5, 0.6) is 17.2 Å². The number of benzene rings is 1. The largest absolute Gasteiger partial charge is 0.508 e. The van der Waals surface area contributed by atoms with Crippen LogP contribution in [0.4, 0.5) is 0 Å². The maximum absolute atomic E-state index is 11.3. The van der Waals surface area contributed by atoms with Gasteiger partial charge in [-0.1, -0.05) is 6.92 Å². The SMILES string of the molecule is CCC(CC(N)C(=O)OC)c1c(O)ccc(O)c1O. The van der Waals surface area contributed by atoms with Gasteiger partial charge < -0.3 is 25.8 Å². The summed E-state index contributed by atoms with van der Waals surface area (Å²) >= 11 is 0. The summed E-state index contributed by atoms with van der Waals surface area (Å²) < 4.78 is 4.54. The smallest absolute Gasteiger partial charge is 0.322 e. The third kappa shape index (κ3) is 3.29. The van der Waals surface area contributed by atoms with Crippen LogP contribution in [0.25, 0.3) is 0 Å². The van der Waals surface area contributed by atoms with Gasteiger partial charge in [-0.2, -0.15) is 0 Å².